The molecule has 1 aromatic rings. The van der Waals surface area contributed by atoms with Crippen LogP contribution < -0.4 is 5.32 Å². The Kier molecular flexibility index (Phi) is 4.27. The van der Waals surface area contributed by atoms with Gasteiger partial charge in [-0.1, -0.05) is 23.3 Å². The van der Waals surface area contributed by atoms with Gasteiger partial charge in [-0.25, -0.2) is 0 Å². The maximum Gasteiger partial charge on any atom is 0.322 e. The second-order valence-corrected chi connectivity index (χ2v) is 7.47. The predicted molar refractivity (Wildman–Crippen MR) is 91.9 cm³/mol. The van der Waals surface area contributed by atoms with Crippen LogP contribution in [-0.2, 0) is 4.79 Å². The largest absolute Gasteiger partial charge is 0.403 e. The molecule has 1 spiro atoms. The summed E-state index contributed by atoms with van der Waals surface area (Å²) in [4.78, 5) is 13.9. The summed E-state index contributed by atoms with van der Waals surface area (Å²) in [6.45, 7) is 1.29. The SMILES string of the molecule is C[C@@H](Nc1nnc(C2=CCCC=C2)o1)C(=O)N1CCC2(CC1)C(F)(F)C2(F)F. The van der Waals surface area contributed by atoms with Gasteiger partial charge in [0.25, 0.3) is 0 Å². The molecule has 1 amide bonds. The average Bonchev–Trinajstić information content (AvgIpc) is 3.04. The summed E-state index contributed by atoms with van der Waals surface area (Å²) in [5, 5.41) is 10.6. The summed E-state index contributed by atoms with van der Waals surface area (Å²) in [5.41, 5.74) is -1.49. The molecule has 0 radical (unpaired) electrons. The van der Waals surface area contributed by atoms with Crippen LogP contribution in [0.15, 0.2) is 22.6 Å². The minimum atomic E-state index is -3.98. The smallest absolute Gasteiger partial charge is 0.322 e. The number of alkyl halides is 4. The van der Waals surface area contributed by atoms with Crippen LogP contribution in [0.5, 0.6) is 0 Å². The second kappa shape index (κ2) is 6.31. The van der Waals surface area contributed by atoms with Crippen molar-refractivity contribution in [3.8, 4) is 0 Å². The maximum absolute atomic E-state index is 13.5. The Bertz CT molecular complexity index is 824. The van der Waals surface area contributed by atoms with Crippen LogP contribution in [0.1, 0.15) is 38.5 Å². The van der Waals surface area contributed by atoms with Crippen molar-refractivity contribution >= 4 is 17.5 Å². The molecular weight excluding hydrogens is 380 g/mol. The van der Waals surface area contributed by atoms with Crippen LogP contribution in [0.4, 0.5) is 23.6 Å². The van der Waals surface area contributed by atoms with Crippen molar-refractivity contribution in [2.45, 2.75) is 50.5 Å². The summed E-state index contributed by atoms with van der Waals surface area (Å²) >= 11 is 0. The zero-order valence-corrected chi connectivity index (χ0v) is 15.2. The first-order valence-electron chi connectivity index (χ1n) is 9.21. The topological polar surface area (TPSA) is 71.3 Å². The summed E-state index contributed by atoms with van der Waals surface area (Å²) in [6.07, 6.45) is 6.83. The van der Waals surface area contributed by atoms with Crippen LogP contribution in [0.25, 0.3) is 5.57 Å². The lowest BCUT2D eigenvalue weighted by Crippen LogP contribution is -2.47. The summed E-state index contributed by atoms with van der Waals surface area (Å²) in [7, 11) is 0. The molecule has 3 aliphatic rings. The number of halogens is 4. The molecule has 28 heavy (non-hydrogen) atoms. The van der Waals surface area contributed by atoms with E-state index in [9.17, 15) is 22.4 Å². The van der Waals surface area contributed by atoms with Crippen LogP contribution >= 0.6 is 0 Å². The number of nitrogens with one attached hydrogen (secondary N) is 1. The number of aromatic nitrogens is 2. The van der Waals surface area contributed by atoms with Gasteiger partial charge in [-0.3, -0.25) is 4.79 Å². The number of nitrogens with zero attached hydrogens (tertiary/aromatic N) is 3. The number of rotatable bonds is 4. The van der Waals surface area contributed by atoms with Gasteiger partial charge in [-0.05, 0) is 32.6 Å². The fourth-order valence-corrected chi connectivity index (χ4v) is 3.95. The molecule has 1 N–H and O–H groups in total. The van der Waals surface area contributed by atoms with Crippen molar-refractivity contribution in [1.82, 2.24) is 15.1 Å². The standard InChI is InChI=1S/C18H20F4N4O2/c1-11(23-15-25-24-13(28-15)12-5-3-2-4-6-12)14(27)26-9-7-16(8-10-26)17(19,20)18(16,21)22/h3,5-6,11H,2,4,7-10H2,1H3,(H,23,25)/t11-/m1/s1. The first-order valence-corrected chi connectivity index (χ1v) is 9.21. The number of hydrogen-bond acceptors (Lipinski definition) is 5. The van der Waals surface area contributed by atoms with E-state index < -0.39 is 42.1 Å². The molecular formula is C18H20F4N4O2. The number of likely N-dealkylation sites (tertiary alicyclic amines) is 1. The molecule has 0 unspecified atom stereocenters. The molecule has 1 aliphatic heterocycles. The van der Waals surface area contributed by atoms with Crippen molar-refractivity contribution in [3.05, 3.63) is 24.1 Å². The normalized spacial score (nSPS) is 25.3. The molecule has 2 aliphatic carbocycles. The fraction of sp³-hybridized carbons (Fsp3) is 0.611. The highest BCUT2D eigenvalue weighted by Gasteiger charge is 2.95. The molecule has 2 fully saturated rings. The molecule has 0 aromatic carbocycles. The third-order valence-electron chi connectivity index (χ3n) is 5.84. The van der Waals surface area contributed by atoms with Gasteiger partial charge < -0.3 is 14.6 Å². The van der Waals surface area contributed by atoms with E-state index in [1.165, 1.54) is 4.90 Å². The number of amides is 1. The highest BCUT2D eigenvalue weighted by Crippen LogP contribution is 2.76. The van der Waals surface area contributed by atoms with Gasteiger partial charge in [-0.2, -0.15) is 17.6 Å². The quantitative estimate of drug-likeness (QED) is 0.784. The third kappa shape index (κ3) is 2.64. The number of anilines is 1. The molecule has 2 heterocycles. The van der Waals surface area contributed by atoms with E-state index in [-0.39, 0.29) is 19.1 Å². The lowest BCUT2D eigenvalue weighted by atomic mass is 9.92. The van der Waals surface area contributed by atoms with Crippen molar-refractivity contribution in [2.24, 2.45) is 5.41 Å². The first-order chi connectivity index (χ1) is 13.2. The van der Waals surface area contributed by atoms with E-state index in [1.807, 2.05) is 18.2 Å². The second-order valence-electron chi connectivity index (χ2n) is 7.47. The third-order valence-corrected chi connectivity index (χ3v) is 5.84. The van der Waals surface area contributed by atoms with E-state index in [1.54, 1.807) is 6.92 Å². The van der Waals surface area contributed by atoms with Gasteiger partial charge in [-0.15, -0.1) is 5.10 Å². The van der Waals surface area contributed by atoms with Crippen LogP contribution in [0, 0.1) is 5.41 Å². The molecule has 1 saturated carbocycles. The van der Waals surface area contributed by atoms with Crippen LogP contribution in [-0.4, -0.2) is 52.0 Å². The predicted octanol–water partition coefficient (Wildman–Crippen LogP) is 3.50. The van der Waals surface area contributed by atoms with E-state index in [2.05, 4.69) is 15.5 Å². The lowest BCUT2D eigenvalue weighted by Gasteiger charge is -2.33. The van der Waals surface area contributed by atoms with Crippen molar-refractivity contribution < 1.29 is 26.8 Å². The highest BCUT2D eigenvalue weighted by atomic mass is 19.3. The van der Waals surface area contributed by atoms with E-state index in [4.69, 9.17) is 4.42 Å². The van der Waals surface area contributed by atoms with Crippen LogP contribution in [0.2, 0.25) is 0 Å². The molecule has 6 nitrogen and oxygen atoms in total. The van der Waals surface area contributed by atoms with Gasteiger partial charge in [0.05, 0.1) is 0 Å². The van der Waals surface area contributed by atoms with Gasteiger partial charge in [0, 0.05) is 18.7 Å². The molecule has 0 bridgehead atoms. The number of carbonyl (C=O) groups excluding carboxylic acids is 1. The summed E-state index contributed by atoms with van der Waals surface area (Å²) < 4.78 is 59.4. The molecule has 1 saturated heterocycles. The Morgan fingerprint density at radius 3 is 2.43 bits per heavy atom. The number of carbonyl (C=O) groups is 1. The summed E-state index contributed by atoms with van der Waals surface area (Å²) in [5.74, 6) is -8.03. The van der Waals surface area contributed by atoms with Gasteiger partial charge in [0.1, 0.15) is 11.5 Å². The Morgan fingerprint density at radius 1 is 1.18 bits per heavy atom. The maximum atomic E-state index is 13.5. The molecule has 152 valence electrons. The Labute approximate surface area is 158 Å². The Morgan fingerprint density at radius 2 is 1.86 bits per heavy atom. The van der Waals surface area contributed by atoms with E-state index in [0.29, 0.717) is 5.89 Å². The minimum Gasteiger partial charge on any atom is -0.403 e. The van der Waals surface area contributed by atoms with Crippen molar-refractivity contribution in [2.75, 3.05) is 18.4 Å². The lowest BCUT2D eigenvalue weighted by molar-refractivity contribution is -0.134. The first kappa shape index (κ1) is 18.9. The number of allylic oxidation sites excluding steroid dienone is 4. The van der Waals surface area contributed by atoms with Gasteiger partial charge in [0.2, 0.25) is 11.8 Å². The zero-order chi connectivity index (χ0) is 20.2. The highest BCUT2D eigenvalue weighted by molar-refractivity contribution is 5.84. The minimum absolute atomic E-state index is 0.0597. The number of piperidine rings is 1. The van der Waals surface area contributed by atoms with Gasteiger partial charge >= 0.3 is 17.9 Å². The van der Waals surface area contributed by atoms with E-state index >= 15 is 0 Å². The van der Waals surface area contributed by atoms with Crippen molar-refractivity contribution in [3.63, 3.8) is 0 Å². The van der Waals surface area contributed by atoms with Crippen molar-refractivity contribution in [1.29, 1.82) is 0 Å². The average molecular weight is 400 g/mol. The Balaban J connectivity index is 1.34. The monoisotopic (exact) mass is 400 g/mol. The van der Waals surface area contributed by atoms with E-state index in [0.717, 1.165) is 18.4 Å². The molecule has 1 atom stereocenters. The summed E-state index contributed by atoms with van der Waals surface area (Å²) in [6, 6.07) is -0.706. The molecule has 4 rings (SSSR count). The molecule has 10 heteroatoms. The number of hydrogen-bond donors (Lipinski definition) is 1. The molecule has 1 aromatic heterocycles. The van der Waals surface area contributed by atoms with Gasteiger partial charge in [0.15, 0.2) is 0 Å². The fourth-order valence-electron chi connectivity index (χ4n) is 3.95. The Hall–Kier alpha value is -2.39. The van der Waals surface area contributed by atoms with Crippen LogP contribution in [0.3, 0.4) is 0 Å². The zero-order valence-electron chi connectivity index (χ0n) is 15.2.